The Morgan fingerprint density at radius 3 is 2.58 bits per heavy atom. The molecular weight excluding hydrogens is 367 g/mol. The highest BCUT2D eigenvalue weighted by atomic mass is 32.2. The number of Topliss-reactive ketones (excluding diaryl/α,β-unsaturated/α-hetero) is 1. The van der Waals surface area contributed by atoms with Crippen molar-refractivity contribution in [2.75, 3.05) is 42.3 Å². The van der Waals surface area contributed by atoms with E-state index in [9.17, 15) is 22.4 Å². The maximum Gasteiger partial charge on any atom is 0.414 e. The van der Waals surface area contributed by atoms with Crippen molar-refractivity contribution in [3.8, 4) is 0 Å². The van der Waals surface area contributed by atoms with Gasteiger partial charge in [0.25, 0.3) is 10.1 Å². The first-order valence-corrected chi connectivity index (χ1v) is 9.93. The molecule has 2 saturated heterocycles. The Bertz CT molecular complexity index is 818. The van der Waals surface area contributed by atoms with Crippen LogP contribution in [-0.4, -0.2) is 58.9 Å². The smallest absolute Gasteiger partial charge is 0.414 e. The number of carbonyl (C=O) groups is 2. The van der Waals surface area contributed by atoms with Crippen molar-refractivity contribution in [1.29, 1.82) is 0 Å². The lowest BCUT2D eigenvalue weighted by Gasteiger charge is -2.28. The predicted octanol–water partition coefficient (Wildman–Crippen LogP) is 1.30. The summed E-state index contributed by atoms with van der Waals surface area (Å²) in [5, 5.41) is 0. The number of benzene rings is 1. The summed E-state index contributed by atoms with van der Waals surface area (Å²) in [6.07, 6.45) is 0.239. The molecular formula is C16H19FN2O6S. The average molecular weight is 386 g/mol. The van der Waals surface area contributed by atoms with Crippen LogP contribution in [0.25, 0.3) is 0 Å². The first-order chi connectivity index (χ1) is 12.2. The highest BCUT2D eigenvalue weighted by Gasteiger charge is 2.33. The van der Waals surface area contributed by atoms with Gasteiger partial charge in [-0.2, -0.15) is 8.42 Å². The molecule has 0 aromatic heterocycles. The zero-order valence-electron chi connectivity index (χ0n) is 14.2. The summed E-state index contributed by atoms with van der Waals surface area (Å²) >= 11 is 0. The summed E-state index contributed by atoms with van der Waals surface area (Å²) in [6.45, 7) is 0.701. The summed E-state index contributed by atoms with van der Waals surface area (Å²) in [5.74, 6) is -0.332. The van der Waals surface area contributed by atoms with Gasteiger partial charge in [-0.25, -0.2) is 9.18 Å². The molecule has 0 N–H and O–H groups in total. The fourth-order valence-electron chi connectivity index (χ4n) is 2.94. The van der Waals surface area contributed by atoms with Crippen LogP contribution in [-0.2, 0) is 23.8 Å². The maximum absolute atomic E-state index is 14.5. The van der Waals surface area contributed by atoms with Crippen LogP contribution in [0.3, 0.4) is 0 Å². The van der Waals surface area contributed by atoms with Crippen molar-refractivity contribution < 1.29 is 31.3 Å². The Morgan fingerprint density at radius 1 is 1.27 bits per heavy atom. The third kappa shape index (κ3) is 4.31. The van der Waals surface area contributed by atoms with Gasteiger partial charge < -0.3 is 9.64 Å². The zero-order chi connectivity index (χ0) is 18.9. The molecule has 1 amide bonds. The number of rotatable bonds is 5. The van der Waals surface area contributed by atoms with E-state index in [2.05, 4.69) is 4.18 Å². The van der Waals surface area contributed by atoms with Gasteiger partial charge in [0.15, 0.2) is 0 Å². The van der Waals surface area contributed by atoms with Crippen LogP contribution in [0.1, 0.15) is 12.8 Å². The van der Waals surface area contributed by atoms with Crippen LogP contribution >= 0.6 is 0 Å². The van der Waals surface area contributed by atoms with Gasteiger partial charge in [0.05, 0.1) is 24.2 Å². The Kier molecular flexibility index (Phi) is 5.15. The van der Waals surface area contributed by atoms with Gasteiger partial charge in [0, 0.05) is 25.9 Å². The second-order valence-electron chi connectivity index (χ2n) is 6.27. The number of piperidine rings is 1. The Hall–Kier alpha value is -2.20. The molecule has 26 heavy (non-hydrogen) atoms. The molecule has 1 atom stereocenters. The summed E-state index contributed by atoms with van der Waals surface area (Å²) in [7, 11) is -3.64. The molecule has 10 heteroatoms. The Labute approximate surface area is 150 Å². The number of halogens is 1. The van der Waals surface area contributed by atoms with Crippen LogP contribution in [0.4, 0.5) is 20.6 Å². The van der Waals surface area contributed by atoms with Crippen molar-refractivity contribution in [3.63, 3.8) is 0 Å². The monoisotopic (exact) mass is 386 g/mol. The third-order valence-electron chi connectivity index (χ3n) is 4.25. The summed E-state index contributed by atoms with van der Waals surface area (Å²) in [4.78, 5) is 26.3. The molecule has 0 spiro atoms. The molecule has 0 saturated carbocycles. The van der Waals surface area contributed by atoms with E-state index >= 15 is 0 Å². The number of hydrogen-bond acceptors (Lipinski definition) is 7. The molecule has 142 valence electrons. The minimum absolute atomic E-state index is 0.0609. The number of ketones is 1. The predicted molar refractivity (Wildman–Crippen MR) is 91.3 cm³/mol. The summed E-state index contributed by atoms with van der Waals surface area (Å²) < 4.78 is 46.2. The van der Waals surface area contributed by atoms with Crippen LogP contribution in [0.15, 0.2) is 18.2 Å². The molecule has 2 aliphatic heterocycles. The molecule has 0 radical (unpaired) electrons. The van der Waals surface area contributed by atoms with Crippen LogP contribution in [0.2, 0.25) is 0 Å². The lowest BCUT2D eigenvalue weighted by molar-refractivity contribution is -0.119. The van der Waals surface area contributed by atoms with E-state index in [1.165, 1.54) is 11.0 Å². The van der Waals surface area contributed by atoms with Gasteiger partial charge in [0.1, 0.15) is 24.3 Å². The quantitative estimate of drug-likeness (QED) is 0.704. The van der Waals surface area contributed by atoms with E-state index in [-0.39, 0.29) is 18.9 Å². The second kappa shape index (κ2) is 7.20. The van der Waals surface area contributed by atoms with Crippen molar-refractivity contribution in [2.24, 2.45) is 0 Å². The fourth-order valence-corrected chi connectivity index (χ4v) is 3.33. The van der Waals surface area contributed by atoms with Gasteiger partial charge in [-0.3, -0.25) is 13.9 Å². The van der Waals surface area contributed by atoms with Gasteiger partial charge in [-0.05, 0) is 18.2 Å². The Morgan fingerprint density at radius 2 is 1.96 bits per heavy atom. The average Bonchev–Trinajstić information content (AvgIpc) is 2.94. The molecule has 2 heterocycles. The molecule has 0 aliphatic carbocycles. The van der Waals surface area contributed by atoms with Crippen molar-refractivity contribution in [2.45, 2.75) is 18.9 Å². The number of hydrogen-bond donors (Lipinski definition) is 0. The van der Waals surface area contributed by atoms with Crippen molar-refractivity contribution in [1.82, 2.24) is 0 Å². The topological polar surface area (TPSA) is 93.2 Å². The zero-order valence-corrected chi connectivity index (χ0v) is 15.0. The maximum atomic E-state index is 14.5. The SMILES string of the molecule is CS(=O)(=O)OC[C@H]1CN(c2ccc(N3CCC(=O)CC3)c(F)c2)C(=O)O1. The Balaban J connectivity index is 1.69. The minimum atomic E-state index is -3.64. The molecule has 2 fully saturated rings. The van der Waals surface area contributed by atoms with Gasteiger partial charge in [-0.1, -0.05) is 0 Å². The number of cyclic esters (lactones) is 1. The highest BCUT2D eigenvalue weighted by Crippen LogP contribution is 2.29. The van der Waals surface area contributed by atoms with Crippen molar-refractivity contribution >= 4 is 33.4 Å². The van der Waals surface area contributed by atoms with Crippen LogP contribution < -0.4 is 9.80 Å². The number of amides is 1. The molecule has 2 aliphatic rings. The van der Waals surface area contributed by atoms with E-state index in [4.69, 9.17) is 4.74 Å². The highest BCUT2D eigenvalue weighted by molar-refractivity contribution is 7.85. The van der Waals surface area contributed by atoms with E-state index in [0.29, 0.717) is 37.3 Å². The molecule has 0 bridgehead atoms. The first-order valence-electron chi connectivity index (χ1n) is 8.12. The van der Waals surface area contributed by atoms with Crippen molar-refractivity contribution in [3.05, 3.63) is 24.0 Å². The largest absolute Gasteiger partial charge is 0.441 e. The fraction of sp³-hybridized carbons (Fsp3) is 0.500. The minimum Gasteiger partial charge on any atom is -0.441 e. The van der Waals surface area contributed by atoms with Gasteiger partial charge in [-0.15, -0.1) is 0 Å². The first kappa shape index (κ1) is 18.6. The van der Waals surface area contributed by atoms with Crippen LogP contribution in [0, 0.1) is 5.82 Å². The molecule has 3 rings (SSSR count). The third-order valence-corrected chi connectivity index (χ3v) is 4.81. The normalized spacial score (nSPS) is 21.2. The van der Waals surface area contributed by atoms with E-state index < -0.39 is 28.1 Å². The summed E-state index contributed by atoms with van der Waals surface area (Å²) in [5.41, 5.74) is 0.692. The lowest BCUT2D eigenvalue weighted by Crippen LogP contribution is -2.34. The second-order valence-corrected chi connectivity index (χ2v) is 7.91. The number of carbonyl (C=O) groups excluding carboxylic acids is 2. The number of ether oxygens (including phenoxy) is 1. The molecule has 1 aromatic rings. The lowest BCUT2D eigenvalue weighted by atomic mass is 10.1. The van der Waals surface area contributed by atoms with E-state index in [1.807, 2.05) is 0 Å². The number of nitrogens with zero attached hydrogens (tertiary/aromatic N) is 2. The van der Waals surface area contributed by atoms with E-state index in [0.717, 1.165) is 6.26 Å². The molecule has 1 aromatic carbocycles. The number of anilines is 2. The summed E-state index contributed by atoms with van der Waals surface area (Å²) in [6, 6.07) is 4.39. The van der Waals surface area contributed by atoms with Gasteiger partial charge >= 0.3 is 6.09 Å². The molecule has 8 nitrogen and oxygen atoms in total. The van der Waals surface area contributed by atoms with E-state index in [1.54, 1.807) is 17.0 Å². The van der Waals surface area contributed by atoms with Gasteiger partial charge in [0.2, 0.25) is 0 Å². The standard InChI is InChI=1S/C16H19FN2O6S/c1-26(22,23)24-10-13-9-19(16(21)25-13)11-2-3-15(14(17)8-11)18-6-4-12(20)5-7-18/h2-3,8,13H,4-7,9-10H2,1H3/t13-/m1/s1. The van der Waals surface area contributed by atoms with Crippen LogP contribution in [0.5, 0.6) is 0 Å². The molecule has 0 unspecified atom stereocenters.